The molecule has 1 aromatic carbocycles. The summed E-state index contributed by atoms with van der Waals surface area (Å²) in [6.45, 7) is 3.98. The number of nitrogens with one attached hydrogen (secondary N) is 1. The first-order chi connectivity index (χ1) is 7.52. The molecule has 0 heterocycles. The van der Waals surface area contributed by atoms with Gasteiger partial charge < -0.3 is 10.5 Å². The van der Waals surface area contributed by atoms with Gasteiger partial charge >= 0.3 is 0 Å². The largest absolute Gasteiger partial charge is 0.488 e. The lowest BCUT2D eigenvalue weighted by Gasteiger charge is -2.18. The van der Waals surface area contributed by atoms with Crippen LogP contribution in [0.2, 0.25) is 5.02 Å². The molecule has 4 heteroatoms. The van der Waals surface area contributed by atoms with E-state index >= 15 is 0 Å². The van der Waals surface area contributed by atoms with Gasteiger partial charge in [-0.25, -0.2) is 0 Å². The minimum absolute atomic E-state index is 0.0863. The van der Waals surface area contributed by atoms with E-state index in [0.29, 0.717) is 17.2 Å². The van der Waals surface area contributed by atoms with Crippen LogP contribution < -0.4 is 10.5 Å². The van der Waals surface area contributed by atoms with Gasteiger partial charge in [0, 0.05) is 6.42 Å². The maximum Gasteiger partial charge on any atom is 0.138 e. The highest BCUT2D eigenvalue weighted by molar-refractivity contribution is 6.32. The van der Waals surface area contributed by atoms with E-state index in [9.17, 15) is 0 Å². The molecule has 0 bridgehead atoms. The maximum atomic E-state index is 7.25. The highest BCUT2D eigenvalue weighted by atomic mass is 35.5. The molecule has 16 heavy (non-hydrogen) atoms. The van der Waals surface area contributed by atoms with Crippen molar-refractivity contribution in [2.75, 3.05) is 0 Å². The Balaban J connectivity index is 2.77. The molecule has 0 aromatic heterocycles. The number of rotatable bonds is 5. The summed E-state index contributed by atoms with van der Waals surface area (Å²) >= 11 is 6.02. The molecule has 1 atom stereocenters. The molecule has 0 spiro atoms. The number of hydrogen-bond donors (Lipinski definition) is 2. The van der Waals surface area contributed by atoms with E-state index in [4.69, 9.17) is 27.5 Å². The van der Waals surface area contributed by atoms with Crippen LogP contribution in [0.3, 0.4) is 0 Å². The van der Waals surface area contributed by atoms with Crippen LogP contribution >= 0.6 is 11.6 Å². The summed E-state index contributed by atoms with van der Waals surface area (Å²) in [5.74, 6) is 0.797. The molecule has 3 nitrogen and oxygen atoms in total. The molecule has 88 valence electrons. The molecule has 0 radical (unpaired) electrons. The van der Waals surface area contributed by atoms with Crippen LogP contribution in [-0.2, 0) is 0 Å². The first kappa shape index (κ1) is 12.8. The van der Waals surface area contributed by atoms with E-state index in [0.717, 1.165) is 12.0 Å². The third-order valence-corrected chi connectivity index (χ3v) is 2.60. The minimum atomic E-state index is -0.0863. The second-order valence-electron chi connectivity index (χ2n) is 3.81. The van der Waals surface area contributed by atoms with Crippen molar-refractivity contribution >= 4 is 17.4 Å². The molecule has 1 rings (SSSR count). The highest BCUT2D eigenvalue weighted by Gasteiger charge is 2.11. The Morgan fingerprint density at radius 1 is 1.56 bits per heavy atom. The van der Waals surface area contributed by atoms with Crippen LogP contribution in [-0.4, -0.2) is 11.9 Å². The molecule has 0 amide bonds. The number of halogens is 1. The van der Waals surface area contributed by atoms with Crippen LogP contribution in [0.15, 0.2) is 18.2 Å². The smallest absolute Gasteiger partial charge is 0.138 e. The van der Waals surface area contributed by atoms with Gasteiger partial charge in [0.1, 0.15) is 11.9 Å². The Labute approximate surface area is 101 Å². The fourth-order valence-electron chi connectivity index (χ4n) is 1.40. The SMILES string of the molecule is CCC(CC(=N)N)Oc1cc(C)ccc1Cl. The van der Waals surface area contributed by atoms with Gasteiger partial charge in [-0.2, -0.15) is 0 Å². The summed E-state index contributed by atoms with van der Waals surface area (Å²) in [5, 5.41) is 7.84. The van der Waals surface area contributed by atoms with Crippen LogP contribution in [0.5, 0.6) is 5.75 Å². The van der Waals surface area contributed by atoms with Crippen molar-refractivity contribution in [2.24, 2.45) is 5.73 Å². The Morgan fingerprint density at radius 2 is 2.25 bits per heavy atom. The molecule has 0 aliphatic heterocycles. The number of amidine groups is 1. The molecular formula is C12H17ClN2O. The summed E-state index contributed by atoms with van der Waals surface area (Å²) in [7, 11) is 0. The molecule has 0 aliphatic rings. The standard InChI is InChI=1S/C12H17ClN2O/c1-3-9(7-12(14)15)16-11-6-8(2)4-5-10(11)13/h4-6,9H,3,7H2,1-2H3,(H3,14,15). The molecule has 1 aromatic rings. The molecule has 1 unspecified atom stereocenters. The zero-order chi connectivity index (χ0) is 12.1. The highest BCUT2D eigenvalue weighted by Crippen LogP contribution is 2.27. The van der Waals surface area contributed by atoms with Gasteiger partial charge in [-0.3, -0.25) is 5.41 Å². The summed E-state index contributed by atoms with van der Waals surface area (Å²) in [6.07, 6.45) is 1.14. The van der Waals surface area contributed by atoms with Crippen molar-refractivity contribution in [1.29, 1.82) is 5.41 Å². The van der Waals surface area contributed by atoms with Gasteiger partial charge in [0.15, 0.2) is 0 Å². The lowest BCUT2D eigenvalue weighted by Crippen LogP contribution is -2.24. The second-order valence-corrected chi connectivity index (χ2v) is 4.22. The van der Waals surface area contributed by atoms with Gasteiger partial charge in [-0.15, -0.1) is 0 Å². The predicted molar refractivity (Wildman–Crippen MR) is 67.4 cm³/mol. The number of ether oxygens (including phenoxy) is 1. The molecule has 0 saturated carbocycles. The summed E-state index contributed by atoms with van der Waals surface area (Å²) in [4.78, 5) is 0. The number of benzene rings is 1. The van der Waals surface area contributed by atoms with Crippen molar-refractivity contribution in [3.8, 4) is 5.75 Å². The molecule has 0 saturated heterocycles. The van der Waals surface area contributed by atoms with Crippen LogP contribution in [0, 0.1) is 12.3 Å². The van der Waals surface area contributed by atoms with Crippen molar-refractivity contribution in [3.05, 3.63) is 28.8 Å². The maximum absolute atomic E-state index is 7.25. The monoisotopic (exact) mass is 240 g/mol. The summed E-state index contributed by atoms with van der Waals surface area (Å²) in [6, 6.07) is 5.64. The minimum Gasteiger partial charge on any atom is -0.488 e. The van der Waals surface area contributed by atoms with E-state index in [1.807, 2.05) is 32.0 Å². The Hall–Kier alpha value is -1.22. The Morgan fingerprint density at radius 3 is 2.81 bits per heavy atom. The topological polar surface area (TPSA) is 59.1 Å². The number of aryl methyl sites for hydroxylation is 1. The van der Waals surface area contributed by atoms with Gasteiger partial charge in [-0.1, -0.05) is 24.6 Å². The fourth-order valence-corrected chi connectivity index (χ4v) is 1.56. The lowest BCUT2D eigenvalue weighted by molar-refractivity contribution is 0.204. The van der Waals surface area contributed by atoms with Crippen molar-refractivity contribution < 1.29 is 4.74 Å². The van der Waals surface area contributed by atoms with Gasteiger partial charge in [0.25, 0.3) is 0 Å². The van der Waals surface area contributed by atoms with Crippen molar-refractivity contribution in [3.63, 3.8) is 0 Å². The molecule has 0 aliphatic carbocycles. The van der Waals surface area contributed by atoms with Crippen LogP contribution in [0.1, 0.15) is 25.3 Å². The third kappa shape index (κ3) is 3.74. The average Bonchev–Trinajstić information content (AvgIpc) is 2.21. The quantitative estimate of drug-likeness (QED) is 0.614. The predicted octanol–water partition coefficient (Wildman–Crippen LogP) is 3.13. The van der Waals surface area contributed by atoms with E-state index in [-0.39, 0.29) is 11.9 Å². The number of nitrogens with two attached hydrogens (primary N) is 1. The summed E-state index contributed by atoms with van der Waals surface area (Å²) in [5.41, 5.74) is 6.46. The number of hydrogen-bond acceptors (Lipinski definition) is 2. The van der Waals surface area contributed by atoms with E-state index in [1.165, 1.54) is 0 Å². The zero-order valence-corrected chi connectivity index (χ0v) is 10.3. The van der Waals surface area contributed by atoms with Gasteiger partial charge in [0.2, 0.25) is 0 Å². The first-order valence-electron chi connectivity index (χ1n) is 5.28. The van der Waals surface area contributed by atoms with Crippen molar-refractivity contribution in [2.45, 2.75) is 32.8 Å². The average molecular weight is 241 g/mol. The van der Waals surface area contributed by atoms with Crippen molar-refractivity contribution in [1.82, 2.24) is 0 Å². The molecular weight excluding hydrogens is 224 g/mol. The fraction of sp³-hybridized carbons (Fsp3) is 0.417. The van der Waals surface area contributed by atoms with Crippen LogP contribution in [0.4, 0.5) is 0 Å². The lowest BCUT2D eigenvalue weighted by atomic mass is 10.2. The zero-order valence-electron chi connectivity index (χ0n) is 9.59. The Kier molecular flexibility index (Phi) is 4.62. The van der Waals surface area contributed by atoms with Gasteiger partial charge in [-0.05, 0) is 31.0 Å². The first-order valence-corrected chi connectivity index (χ1v) is 5.66. The van der Waals surface area contributed by atoms with Crippen LogP contribution in [0.25, 0.3) is 0 Å². The Bertz CT molecular complexity index is 379. The summed E-state index contributed by atoms with van der Waals surface area (Å²) < 4.78 is 5.73. The third-order valence-electron chi connectivity index (χ3n) is 2.28. The van der Waals surface area contributed by atoms with E-state index in [2.05, 4.69) is 0 Å². The van der Waals surface area contributed by atoms with E-state index < -0.39 is 0 Å². The van der Waals surface area contributed by atoms with Gasteiger partial charge in [0.05, 0.1) is 10.9 Å². The molecule has 0 fully saturated rings. The molecule has 3 N–H and O–H groups in total. The van der Waals surface area contributed by atoms with E-state index in [1.54, 1.807) is 0 Å². The normalized spacial score (nSPS) is 12.2. The second kappa shape index (κ2) is 5.75.